The third-order valence-electron chi connectivity index (χ3n) is 3.78. The maximum absolute atomic E-state index is 12.9. The third kappa shape index (κ3) is 4.24. The molecule has 0 spiro atoms. The van der Waals surface area contributed by atoms with Crippen molar-refractivity contribution in [3.8, 4) is 11.6 Å². The van der Waals surface area contributed by atoms with Crippen molar-refractivity contribution in [1.29, 1.82) is 0 Å². The Morgan fingerprint density at radius 2 is 1.89 bits per heavy atom. The molecule has 1 amide bonds. The summed E-state index contributed by atoms with van der Waals surface area (Å²) in [5.74, 6) is -0.158. The van der Waals surface area contributed by atoms with Crippen LogP contribution in [0.5, 0.6) is 11.6 Å². The molecule has 1 aromatic heterocycles. The van der Waals surface area contributed by atoms with Crippen LogP contribution in [0.25, 0.3) is 0 Å². The molecule has 0 bridgehead atoms. The molecule has 27 heavy (non-hydrogen) atoms. The van der Waals surface area contributed by atoms with Crippen LogP contribution in [0.1, 0.15) is 15.9 Å². The highest BCUT2D eigenvalue weighted by Gasteiger charge is 2.18. The highest BCUT2D eigenvalue weighted by molar-refractivity contribution is 6.05. The molecule has 2 aromatic carbocycles. The van der Waals surface area contributed by atoms with Crippen LogP contribution in [0.2, 0.25) is 0 Å². The number of benzene rings is 2. The number of amides is 1. The Labute approximate surface area is 153 Å². The number of nitrogens with one attached hydrogen (secondary N) is 1. The number of ether oxygens (including phenoxy) is 1. The second-order valence-electron chi connectivity index (χ2n) is 5.60. The Morgan fingerprint density at radius 1 is 1.15 bits per heavy atom. The standard InChI is InChI=1S/C19H14FN3O4/c1-12-16(3-2-4-17(12)23(25)26)19(24)22-14-7-10-18(21-11-14)27-15-8-5-13(20)6-9-15/h2-11H,1H3,(H,22,24). The molecule has 0 saturated heterocycles. The number of carbonyl (C=O) groups is 1. The minimum absolute atomic E-state index is 0.121. The molecule has 0 fully saturated rings. The van der Waals surface area contributed by atoms with Crippen molar-refractivity contribution >= 4 is 17.3 Å². The summed E-state index contributed by atoms with van der Waals surface area (Å²) in [5, 5.41) is 13.6. The summed E-state index contributed by atoms with van der Waals surface area (Å²) in [6, 6.07) is 12.9. The molecular formula is C19H14FN3O4. The minimum Gasteiger partial charge on any atom is -0.439 e. The summed E-state index contributed by atoms with van der Waals surface area (Å²) in [6.45, 7) is 1.52. The molecule has 0 aliphatic rings. The highest BCUT2D eigenvalue weighted by atomic mass is 19.1. The van der Waals surface area contributed by atoms with Gasteiger partial charge in [0, 0.05) is 23.3 Å². The van der Waals surface area contributed by atoms with Crippen molar-refractivity contribution in [2.24, 2.45) is 0 Å². The van der Waals surface area contributed by atoms with E-state index in [1.54, 1.807) is 12.1 Å². The number of nitro benzene ring substituents is 1. The van der Waals surface area contributed by atoms with Crippen LogP contribution in [0, 0.1) is 22.9 Å². The van der Waals surface area contributed by atoms with Crippen LogP contribution in [-0.2, 0) is 0 Å². The summed E-state index contributed by atoms with van der Waals surface area (Å²) in [5.41, 5.74) is 0.765. The van der Waals surface area contributed by atoms with Crippen molar-refractivity contribution in [3.63, 3.8) is 0 Å². The Balaban J connectivity index is 1.71. The van der Waals surface area contributed by atoms with Gasteiger partial charge in [-0.15, -0.1) is 0 Å². The van der Waals surface area contributed by atoms with Gasteiger partial charge in [-0.3, -0.25) is 14.9 Å². The Hall–Kier alpha value is -3.81. The van der Waals surface area contributed by atoms with Crippen molar-refractivity contribution in [1.82, 2.24) is 4.98 Å². The Morgan fingerprint density at radius 3 is 2.52 bits per heavy atom. The smallest absolute Gasteiger partial charge is 0.273 e. The van der Waals surface area contributed by atoms with E-state index >= 15 is 0 Å². The van der Waals surface area contributed by atoms with Gasteiger partial charge in [0.2, 0.25) is 5.88 Å². The number of nitrogens with zero attached hydrogens (tertiary/aromatic N) is 2. The summed E-state index contributed by atoms with van der Waals surface area (Å²) in [6.07, 6.45) is 1.39. The third-order valence-corrected chi connectivity index (χ3v) is 3.78. The van der Waals surface area contributed by atoms with Gasteiger partial charge in [-0.1, -0.05) is 6.07 Å². The predicted octanol–water partition coefficient (Wildman–Crippen LogP) is 4.48. The van der Waals surface area contributed by atoms with Gasteiger partial charge < -0.3 is 10.1 Å². The van der Waals surface area contributed by atoms with Crippen LogP contribution < -0.4 is 10.1 Å². The summed E-state index contributed by atoms with van der Waals surface area (Å²) in [4.78, 5) is 26.9. The predicted molar refractivity (Wildman–Crippen MR) is 96.5 cm³/mol. The molecule has 0 saturated carbocycles. The summed E-state index contributed by atoms with van der Waals surface area (Å²) < 4.78 is 18.4. The van der Waals surface area contributed by atoms with E-state index in [4.69, 9.17) is 4.74 Å². The molecule has 3 aromatic rings. The van der Waals surface area contributed by atoms with E-state index in [1.165, 1.54) is 55.6 Å². The maximum Gasteiger partial charge on any atom is 0.273 e. The zero-order chi connectivity index (χ0) is 19.4. The zero-order valence-electron chi connectivity index (χ0n) is 14.2. The van der Waals surface area contributed by atoms with E-state index in [1.807, 2.05) is 0 Å². The fraction of sp³-hybridized carbons (Fsp3) is 0.0526. The molecule has 3 rings (SSSR count). The van der Waals surface area contributed by atoms with Crippen molar-refractivity contribution in [2.75, 3.05) is 5.32 Å². The number of nitro groups is 1. The van der Waals surface area contributed by atoms with Crippen LogP contribution in [0.4, 0.5) is 15.8 Å². The lowest BCUT2D eigenvalue weighted by atomic mass is 10.1. The quantitative estimate of drug-likeness (QED) is 0.530. The number of hydrogen-bond donors (Lipinski definition) is 1. The monoisotopic (exact) mass is 367 g/mol. The van der Waals surface area contributed by atoms with Gasteiger partial charge in [-0.05, 0) is 43.3 Å². The largest absolute Gasteiger partial charge is 0.439 e. The topological polar surface area (TPSA) is 94.4 Å². The second-order valence-corrected chi connectivity index (χ2v) is 5.60. The lowest BCUT2D eigenvalue weighted by Gasteiger charge is -2.09. The Bertz CT molecular complexity index is 989. The van der Waals surface area contributed by atoms with Gasteiger partial charge in [0.15, 0.2) is 0 Å². The average molecular weight is 367 g/mol. The first-order chi connectivity index (χ1) is 12.9. The molecule has 1 heterocycles. The molecule has 0 unspecified atom stereocenters. The van der Waals surface area contributed by atoms with Crippen molar-refractivity contribution in [2.45, 2.75) is 6.92 Å². The van der Waals surface area contributed by atoms with E-state index in [2.05, 4.69) is 10.3 Å². The highest BCUT2D eigenvalue weighted by Crippen LogP contribution is 2.23. The molecule has 0 radical (unpaired) electrons. The average Bonchev–Trinajstić information content (AvgIpc) is 2.65. The number of rotatable bonds is 5. The first-order valence-corrected chi connectivity index (χ1v) is 7.89. The SMILES string of the molecule is Cc1c(C(=O)Nc2ccc(Oc3ccc(F)cc3)nc2)cccc1[N+](=O)[O-]. The summed E-state index contributed by atoms with van der Waals surface area (Å²) in [7, 11) is 0. The second kappa shape index (κ2) is 7.61. The lowest BCUT2D eigenvalue weighted by molar-refractivity contribution is -0.385. The van der Waals surface area contributed by atoms with Gasteiger partial charge in [0.1, 0.15) is 11.6 Å². The van der Waals surface area contributed by atoms with Crippen LogP contribution in [0.3, 0.4) is 0 Å². The number of pyridine rings is 1. The minimum atomic E-state index is -0.532. The van der Waals surface area contributed by atoms with E-state index < -0.39 is 10.8 Å². The molecule has 0 aliphatic carbocycles. The van der Waals surface area contributed by atoms with E-state index in [0.717, 1.165) is 0 Å². The van der Waals surface area contributed by atoms with Gasteiger partial charge in [0.05, 0.1) is 16.8 Å². The molecular weight excluding hydrogens is 353 g/mol. The van der Waals surface area contributed by atoms with Gasteiger partial charge >= 0.3 is 0 Å². The normalized spacial score (nSPS) is 10.3. The molecule has 1 N–H and O–H groups in total. The van der Waals surface area contributed by atoms with Crippen molar-refractivity contribution in [3.05, 3.63) is 87.9 Å². The zero-order valence-corrected chi connectivity index (χ0v) is 14.2. The fourth-order valence-electron chi connectivity index (χ4n) is 2.40. The first-order valence-electron chi connectivity index (χ1n) is 7.89. The molecule has 7 nitrogen and oxygen atoms in total. The van der Waals surface area contributed by atoms with Gasteiger partial charge in [-0.2, -0.15) is 0 Å². The Kier molecular flexibility index (Phi) is 5.07. The maximum atomic E-state index is 12.9. The number of hydrogen-bond acceptors (Lipinski definition) is 5. The fourth-order valence-corrected chi connectivity index (χ4v) is 2.40. The van der Waals surface area contributed by atoms with E-state index in [0.29, 0.717) is 11.4 Å². The molecule has 0 atom stereocenters. The number of anilines is 1. The molecule has 8 heteroatoms. The van der Waals surface area contributed by atoms with Crippen LogP contribution in [-0.4, -0.2) is 15.8 Å². The number of carbonyl (C=O) groups excluding carboxylic acids is 1. The number of aromatic nitrogens is 1. The molecule has 136 valence electrons. The van der Waals surface area contributed by atoms with Gasteiger partial charge in [-0.25, -0.2) is 9.37 Å². The van der Waals surface area contributed by atoms with Gasteiger partial charge in [0.25, 0.3) is 11.6 Å². The van der Waals surface area contributed by atoms with Crippen LogP contribution in [0.15, 0.2) is 60.8 Å². The van der Waals surface area contributed by atoms with E-state index in [9.17, 15) is 19.3 Å². The molecule has 0 aliphatic heterocycles. The lowest BCUT2D eigenvalue weighted by Crippen LogP contribution is -2.14. The first kappa shape index (κ1) is 18.0. The van der Waals surface area contributed by atoms with E-state index in [-0.39, 0.29) is 28.5 Å². The van der Waals surface area contributed by atoms with Crippen LogP contribution >= 0.6 is 0 Å². The van der Waals surface area contributed by atoms with Crippen molar-refractivity contribution < 1.29 is 18.8 Å². The number of halogens is 1. The summed E-state index contributed by atoms with van der Waals surface area (Å²) >= 11 is 0.